The molecular weight excluding hydrogens is 176 g/mol. The molecule has 1 aliphatic heterocycles. The zero-order chi connectivity index (χ0) is 9.97. The predicted molar refractivity (Wildman–Crippen MR) is 55.0 cm³/mol. The van der Waals surface area contributed by atoms with Crippen LogP contribution in [0.3, 0.4) is 0 Å². The maximum Gasteiger partial charge on any atom is 0.239 e. The van der Waals surface area contributed by atoms with Gasteiger partial charge in [0.2, 0.25) is 5.91 Å². The quantitative estimate of drug-likeness (QED) is 0.659. The molecule has 0 atom stereocenters. The summed E-state index contributed by atoms with van der Waals surface area (Å²) in [5, 5.41) is 5.77. The first-order valence-electron chi connectivity index (χ1n) is 4.68. The van der Waals surface area contributed by atoms with Crippen molar-refractivity contribution >= 4 is 11.6 Å². The van der Waals surface area contributed by atoms with Crippen molar-refractivity contribution in [3.8, 4) is 0 Å². The summed E-state index contributed by atoms with van der Waals surface area (Å²) in [5.74, 6) is 0.0101. The van der Waals surface area contributed by atoms with Crippen molar-refractivity contribution in [3.63, 3.8) is 0 Å². The smallest absolute Gasteiger partial charge is 0.239 e. The number of hydrogen-bond donors (Lipinski definition) is 0. The van der Waals surface area contributed by atoms with Crippen LogP contribution in [0.1, 0.15) is 18.9 Å². The minimum absolute atomic E-state index is 0.0101. The van der Waals surface area contributed by atoms with E-state index < -0.39 is 0 Å². The number of carbonyl (C=O) groups excluding carboxylic acids is 1. The van der Waals surface area contributed by atoms with E-state index in [4.69, 9.17) is 0 Å². The number of rotatable bonds is 1. The standard InChI is InChI=1S/C11H12N2O/c1-9(14)13-8-7-11(12-13)10-5-3-2-4-6-10/h2-6H,7-8H2,1H3. The lowest BCUT2D eigenvalue weighted by Gasteiger charge is -2.05. The molecule has 3 heteroatoms. The molecule has 2 rings (SSSR count). The van der Waals surface area contributed by atoms with Crippen LogP contribution in [0.5, 0.6) is 0 Å². The molecule has 0 aliphatic carbocycles. The van der Waals surface area contributed by atoms with Crippen molar-refractivity contribution in [1.29, 1.82) is 0 Å². The molecule has 14 heavy (non-hydrogen) atoms. The van der Waals surface area contributed by atoms with Gasteiger partial charge in [-0.05, 0) is 5.56 Å². The number of benzene rings is 1. The van der Waals surface area contributed by atoms with Gasteiger partial charge in [-0.25, -0.2) is 5.01 Å². The number of hydrazone groups is 1. The maximum atomic E-state index is 11.0. The monoisotopic (exact) mass is 188 g/mol. The highest BCUT2D eigenvalue weighted by Crippen LogP contribution is 2.13. The van der Waals surface area contributed by atoms with Gasteiger partial charge < -0.3 is 0 Å². The highest BCUT2D eigenvalue weighted by atomic mass is 16.2. The van der Waals surface area contributed by atoms with Crippen molar-refractivity contribution in [1.82, 2.24) is 5.01 Å². The van der Waals surface area contributed by atoms with E-state index in [1.807, 2.05) is 30.3 Å². The first-order chi connectivity index (χ1) is 6.77. The summed E-state index contributed by atoms with van der Waals surface area (Å²) in [5.41, 5.74) is 2.11. The second kappa shape index (κ2) is 3.62. The molecule has 1 aromatic rings. The molecule has 0 N–H and O–H groups in total. The zero-order valence-corrected chi connectivity index (χ0v) is 8.10. The van der Waals surface area contributed by atoms with E-state index in [9.17, 15) is 4.79 Å². The van der Waals surface area contributed by atoms with Crippen molar-refractivity contribution in [2.45, 2.75) is 13.3 Å². The van der Waals surface area contributed by atoms with Gasteiger partial charge in [0, 0.05) is 13.3 Å². The third kappa shape index (κ3) is 1.66. The van der Waals surface area contributed by atoms with Crippen LogP contribution in [0.15, 0.2) is 35.4 Å². The van der Waals surface area contributed by atoms with Crippen LogP contribution in [0.2, 0.25) is 0 Å². The van der Waals surface area contributed by atoms with Gasteiger partial charge in [0.1, 0.15) is 0 Å². The summed E-state index contributed by atoms with van der Waals surface area (Å²) in [6, 6.07) is 9.97. The normalized spacial score (nSPS) is 15.5. The Kier molecular flexibility index (Phi) is 2.31. The Hall–Kier alpha value is -1.64. The van der Waals surface area contributed by atoms with E-state index in [2.05, 4.69) is 5.10 Å². The third-order valence-corrected chi connectivity index (χ3v) is 2.27. The molecule has 1 heterocycles. The van der Waals surface area contributed by atoms with Crippen LogP contribution in [-0.4, -0.2) is 23.2 Å². The van der Waals surface area contributed by atoms with Crippen LogP contribution in [0.4, 0.5) is 0 Å². The molecule has 0 bridgehead atoms. The first kappa shape index (κ1) is 8.94. The molecule has 1 aliphatic rings. The molecular formula is C11H12N2O. The van der Waals surface area contributed by atoms with Gasteiger partial charge in [-0.3, -0.25) is 4.79 Å². The Morgan fingerprint density at radius 3 is 2.64 bits per heavy atom. The minimum atomic E-state index is 0.0101. The van der Waals surface area contributed by atoms with E-state index in [0.29, 0.717) is 6.54 Å². The molecule has 0 saturated carbocycles. The summed E-state index contributed by atoms with van der Waals surface area (Å²) >= 11 is 0. The molecule has 3 nitrogen and oxygen atoms in total. The maximum absolute atomic E-state index is 11.0. The van der Waals surface area contributed by atoms with Gasteiger partial charge in [-0.2, -0.15) is 5.10 Å². The van der Waals surface area contributed by atoms with Crippen molar-refractivity contribution < 1.29 is 4.79 Å². The second-order valence-electron chi connectivity index (χ2n) is 3.30. The molecule has 0 saturated heterocycles. The van der Waals surface area contributed by atoms with Gasteiger partial charge in [-0.15, -0.1) is 0 Å². The molecule has 72 valence electrons. The van der Waals surface area contributed by atoms with Crippen molar-refractivity contribution in [2.24, 2.45) is 5.10 Å². The SMILES string of the molecule is CC(=O)N1CCC(c2ccccc2)=N1. The molecule has 0 radical (unpaired) electrons. The first-order valence-corrected chi connectivity index (χ1v) is 4.68. The van der Waals surface area contributed by atoms with Crippen LogP contribution in [0, 0.1) is 0 Å². The van der Waals surface area contributed by atoms with Gasteiger partial charge in [0.05, 0.1) is 12.3 Å². The fourth-order valence-corrected chi connectivity index (χ4v) is 1.52. The lowest BCUT2D eigenvalue weighted by atomic mass is 10.1. The van der Waals surface area contributed by atoms with Gasteiger partial charge in [0.25, 0.3) is 0 Å². The van der Waals surface area contributed by atoms with E-state index in [1.54, 1.807) is 0 Å². The van der Waals surface area contributed by atoms with E-state index in [0.717, 1.165) is 17.7 Å². The molecule has 0 spiro atoms. The Morgan fingerprint density at radius 2 is 2.07 bits per heavy atom. The summed E-state index contributed by atoms with van der Waals surface area (Å²) in [7, 11) is 0. The number of nitrogens with zero attached hydrogens (tertiary/aromatic N) is 2. The summed E-state index contributed by atoms with van der Waals surface area (Å²) in [6.07, 6.45) is 0.851. The highest BCUT2D eigenvalue weighted by Gasteiger charge is 2.17. The molecule has 0 unspecified atom stereocenters. The molecule has 0 aromatic heterocycles. The van der Waals surface area contributed by atoms with E-state index in [-0.39, 0.29) is 5.91 Å². The summed E-state index contributed by atoms with van der Waals surface area (Å²) in [4.78, 5) is 11.0. The van der Waals surface area contributed by atoms with Crippen LogP contribution in [-0.2, 0) is 4.79 Å². The highest BCUT2D eigenvalue weighted by molar-refractivity contribution is 6.02. The number of amides is 1. The number of hydrogen-bond acceptors (Lipinski definition) is 2. The lowest BCUT2D eigenvalue weighted by molar-refractivity contribution is -0.128. The topological polar surface area (TPSA) is 32.7 Å². The number of carbonyl (C=O) groups is 1. The van der Waals surface area contributed by atoms with Gasteiger partial charge >= 0.3 is 0 Å². The van der Waals surface area contributed by atoms with E-state index >= 15 is 0 Å². The Balaban J connectivity index is 2.22. The largest absolute Gasteiger partial charge is 0.273 e. The lowest BCUT2D eigenvalue weighted by Crippen LogP contribution is -2.19. The van der Waals surface area contributed by atoms with Crippen LogP contribution in [0.25, 0.3) is 0 Å². The van der Waals surface area contributed by atoms with Crippen molar-refractivity contribution in [2.75, 3.05) is 6.54 Å². The molecule has 1 aromatic carbocycles. The van der Waals surface area contributed by atoms with Gasteiger partial charge in [-0.1, -0.05) is 30.3 Å². The summed E-state index contributed by atoms with van der Waals surface area (Å²) in [6.45, 7) is 2.25. The van der Waals surface area contributed by atoms with Crippen LogP contribution >= 0.6 is 0 Å². The van der Waals surface area contributed by atoms with E-state index in [1.165, 1.54) is 11.9 Å². The predicted octanol–water partition coefficient (Wildman–Crippen LogP) is 1.64. The van der Waals surface area contributed by atoms with Gasteiger partial charge in [0.15, 0.2) is 0 Å². The minimum Gasteiger partial charge on any atom is -0.273 e. The third-order valence-electron chi connectivity index (χ3n) is 2.27. The zero-order valence-electron chi connectivity index (χ0n) is 8.10. The summed E-state index contributed by atoms with van der Waals surface area (Å²) < 4.78 is 0. The average molecular weight is 188 g/mol. The molecule has 1 amide bonds. The van der Waals surface area contributed by atoms with Crippen LogP contribution < -0.4 is 0 Å². The Labute approximate surface area is 83.0 Å². The fourth-order valence-electron chi connectivity index (χ4n) is 1.52. The second-order valence-corrected chi connectivity index (χ2v) is 3.30. The average Bonchev–Trinajstić information content (AvgIpc) is 2.68. The van der Waals surface area contributed by atoms with Crippen molar-refractivity contribution in [3.05, 3.63) is 35.9 Å². The Morgan fingerprint density at radius 1 is 1.36 bits per heavy atom. The fraction of sp³-hybridized carbons (Fsp3) is 0.273. The Bertz CT molecular complexity index is 370. The molecule has 0 fully saturated rings.